The number of nitrogens with one attached hydrogen (secondary N) is 2. The van der Waals surface area contributed by atoms with Crippen LogP contribution >= 0.6 is 23.8 Å². The number of nitrogens with two attached hydrogens (primary N) is 1. The van der Waals surface area contributed by atoms with Crippen molar-refractivity contribution in [2.24, 2.45) is 10.8 Å². The van der Waals surface area contributed by atoms with Crippen molar-refractivity contribution in [3.05, 3.63) is 23.2 Å². The molecule has 0 aliphatic rings. The molecule has 0 bridgehead atoms. The van der Waals surface area contributed by atoms with Gasteiger partial charge in [0.2, 0.25) is 0 Å². The Morgan fingerprint density at radius 2 is 2.31 bits per heavy atom. The van der Waals surface area contributed by atoms with Crippen molar-refractivity contribution in [2.75, 3.05) is 6.54 Å². The monoisotopic (exact) mass is 258 g/mol. The van der Waals surface area contributed by atoms with Crippen LogP contribution in [0.5, 0.6) is 0 Å². The number of aromatic nitrogens is 2. The van der Waals surface area contributed by atoms with E-state index in [1.807, 2.05) is 6.92 Å². The molecule has 16 heavy (non-hydrogen) atoms. The highest BCUT2D eigenvalue weighted by molar-refractivity contribution is 7.80. The first-order valence-corrected chi connectivity index (χ1v) is 5.27. The van der Waals surface area contributed by atoms with E-state index in [1.165, 1.54) is 12.4 Å². The second-order valence-electron chi connectivity index (χ2n) is 2.69. The highest BCUT2D eigenvalue weighted by Gasteiger charge is 2.01. The summed E-state index contributed by atoms with van der Waals surface area (Å²) in [5.41, 5.74) is 8.65. The van der Waals surface area contributed by atoms with Gasteiger partial charge in [0.05, 0.1) is 12.4 Å². The van der Waals surface area contributed by atoms with E-state index in [2.05, 4.69) is 25.8 Å². The molecule has 0 radical (unpaired) electrons. The summed E-state index contributed by atoms with van der Waals surface area (Å²) in [6.07, 6.45) is 2.82. The topological polar surface area (TPSA) is 88.2 Å². The maximum Gasteiger partial charge on any atom is 0.187 e. The molecule has 4 N–H and O–H groups in total. The number of nitrogens with zero attached hydrogens (tertiary/aromatic N) is 3. The molecule has 0 saturated heterocycles. The van der Waals surface area contributed by atoms with Crippen LogP contribution in [0.25, 0.3) is 0 Å². The summed E-state index contributed by atoms with van der Waals surface area (Å²) >= 11 is 10.5. The second-order valence-corrected chi connectivity index (χ2v) is 3.49. The van der Waals surface area contributed by atoms with E-state index in [0.717, 1.165) is 0 Å². The fourth-order valence-corrected chi connectivity index (χ4v) is 1.10. The third kappa shape index (κ3) is 3.95. The Hall–Kier alpha value is -1.47. The predicted molar refractivity (Wildman–Crippen MR) is 67.2 cm³/mol. The average Bonchev–Trinajstić information content (AvgIpc) is 2.27. The van der Waals surface area contributed by atoms with E-state index >= 15 is 0 Å². The van der Waals surface area contributed by atoms with Crippen LogP contribution in [0.15, 0.2) is 17.5 Å². The third-order valence-electron chi connectivity index (χ3n) is 1.50. The van der Waals surface area contributed by atoms with Crippen LogP contribution < -0.4 is 16.5 Å². The first-order valence-electron chi connectivity index (χ1n) is 4.48. The van der Waals surface area contributed by atoms with Crippen molar-refractivity contribution < 1.29 is 0 Å². The van der Waals surface area contributed by atoms with Crippen LogP contribution in [0.1, 0.15) is 12.6 Å². The molecule has 0 unspecified atom stereocenters. The van der Waals surface area contributed by atoms with Crippen LogP contribution in [0.4, 0.5) is 0 Å². The Bertz CT molecular complexity index is 390. The molecule has 1 heterocycles. The summed E-state index contributed by atoms with van der Waals surface area (Å²) in [5, 5.41) is 7.39. The average molecular weight is 259 g/mol. The molecule has 0 spiro atoms. The molecule has 0 saturated carbocycles. The first-order chi connectivity index (χ1) is 7.63. The molecular formula is C8H11ClN6S. The lowest BCUT2D eigenvalue weighted by atomic mass is 10.4. The molecule has 1 rings (SSSR count). The number of amidine groups is 1. The van der Waals surface area contributed by atoms with Crippen molar-refractivity contribution >= 4 is 34.8 Å². The van der Waals surface area contributed by atoms with E-state index in [9.17, 15) is 0 Å². The lowest BCUT2D eigenvalue weighted by Crippen LogP contribution is -2.33. The van der Waals surface area contributed by atoms with Gasteiger partial charge in [-0.2, -0.15) is 5.10 Å². The SMILES string of the molecule is CCNC(=S)N/N=C(\N)c1cnc(Cl)cn1. The quantitative estimate of drug-likeness (QED) is 0.311. The molecule has 0 aliphatic heterocycles. The minimum atomic E-state index is 0.185. The fraction of sp³-hybridized carbons (Fsp3) is 0.250. The largest absolute Gasteiger partial charge is 0.380 e. The summed E-state index contributed by atoms with van der Waals surface area (Å²) < 4.78 is 0. The first kappa shape index (κ1) is 12.6. The molecule has 1 aromatic rings. The molecule has 0 aliphatic carbocycles. The van der Waals surface area contributed by atoms with Gasteiger partial charge in [0.25, 0.3) is 0 Å². The number of hydrogen-bond donors (Lipinski definition) is 3. The lowest BCUT2D eigenvalue weighted by Gasteiger charge is -2.04. The molecule has 6 nitrogen and oxygen atoms in total. The van der Waals surface area contributed by atoms with Crippen molar-refractivity contribution in [3.8, 4) is 0 Å². The summed E-state index contributed by atoms with van der Waals surface area (Å²) in [4.78, 5) is 7.78. The van der Waals surface area contributed by atoms with Crippen LogP contribution in [-0.4, -0.2) is 27.5 Å². The fourth-order valence-electron chi connectivity index (χ4n) is 0.813. The number of hydrogen-bond acceptors (Lipinski definition) is 4. The van der Waals surface area contributed by atoms with E-state index in [0.29, 0.717) is 22.5 Å². The van der Waals surface area contributed by atoms with Gasteiger partial charge in [-0.1, -0.05) is 11.6 Å². The van der Waals surface area contributed by atoms with Gasteiger partial charge in [0, 0.05) is 6.54 Å². The number of halogens is 1. The van der Waals surface area contributed by atoms with Gasteiger partial charge in [-0.25, -0.2) is 9.97 Å². The second kappa shape index (κ2) is 6.19. The van der Waals surface area contributed by atoms with E-state index in [4.69, 9.17) is 29.6 Å². The predicted octanol–water partition coefficient (Wildman–Crippen LogP) is 0.234. The normalized spacial score (nSPS) is 11.0. The van der Waals surface area contributed by atoms with Crippen molar-refractivity contribution in [2.45, 2.75) is 6.92 Å². The van der Waals surface area contributed by atoms with E-state index in [1.54, 1.807) is 0 Å². The van der Waals surface area contributed by atoms with Crippen molar-refractivity contribution in [3.63, 3.8) is 0 Å². The summed E-state index contributed by atoms with van der Waals surface area (Å²) in [6, 6.07) is 0. The van der Waals surface area contributed by atoms with Gasteiger partial charge < -0.3 is 11.1 Å². The molecule has 8 heteroatoms. The number of hydrazone groups is 1. The minimum absolute atomic E-state index is 0.185. The Morgan fingerprint density at radius 3 is 2.88 bits per heavy atom. The Labute approximate surface area is 103 Å². The van der Waals surface area contributed by atoms with Crippen LogP contribution in [0.2, 0.25) is 5.15 Å². The molecule has 86 valence electrons. The summed E-state index contributed by atoms with van der Waals surface area (Å²) in [5.74, 6) is 0.185. The zero-order chi connectivity index (χ0) is 12.0. The lowest BCUT2D eigenvalue weighted by molar-refractivity contribution is 0.898. The molecule has 0 atom stereocenters. The van der Waals surface area contributed by atoms with Gasteiger partial charge in [0.1, 0.15) is 10.8 Å². The van der Waals surface area contributed by atoms with Gasteiger partial charge in [-0.15, -0.1) is 0 Å². The standard InChI is InChI=1S/C8H11ClN6S/c1-2-11-8(16)15-14-7(10)5-3-13-6(9)4-12-5/h3-4H,2H2,1H3,(H2,10,14)(H2,11,15,16). The Balaban J connectivity index is 2.63. The highest BCUT2D eigenvalue weighted by Crippen LogP contribution is 2.00. The maximum atomic E-state index is 5.64. The van der Waals surface area contributed by atoms with Crippen molar-refractivity contribution in [1.29, 1.82) is 0 Å². The van der Waals surface area contributed by atoms with Crippen LogP contribution in [0.3, 0.4) is 0 Å². The highest BCUT2D eigenvalue weighted by atomic mass is 35.5. The van der Waals surface area contributed by atoms with Crippen LogP contribution in [-0.2, 0) is 0 Å². The smallest absolute Gasteiger partial charge is 0.187 e. The molecule has 0 fully saturated rings. The van der Waals surface area contributed by atoms with Gasteiger partial charge in [-0.3, -0.25) is 5.43 Å². The number of thiocarbonyl (C=S) groups is 1. The molecule has 0 amide bonds. The molecule has 0 aromatic carbocycles. The van der Waals surface area contributed by atoms with Crippen molar-refractivity contribution in [1.82, 2.24) is 20.7 Å². The zero-order valence-corrected chi connectivity index (χ0v) is 10.1. The third-order valence-corrected chi connectivity index (χ3v) is 1.93. The van der Waals surface area contributed by atoms with Gasteiger partial charge in [-0.05, 0) is 19.1 Å². The van der Waals surface area contributed by atoms with Crippen LogP contribution in [0, 0.1) is 0 Å². The summed E-state index contributed by atoms with van der Waals surface area (Å²) in [6.45, 7) is 2.63. The minimum Gasteiger partial charge on any atom is -0.380 e. The molecular weight excluding hydrogens is 248 g/mol. The zero-order valence-electron chi connectivity index (χ0n) is 8.57. The Kier molecular flexibility index (Phi) is 4.87. The Morgan fingerprint density at radius 1 is 1.56 bits per heavy atom. The van der Waals surface area contributed by atoms with E-state index < -0.39 is 0 Å². The van der Waals surface area contributed by atoms with E-state index in [-0.39, 0.29) is 5.84 Å². The summed E-state index contributed by atoms with van der Waals surface area (Å²) in [7, 11) is 0. The number of rotatable bonds is 3. The van der Waals surface area contributed by atoms with Gasteiger partial charge >= 0.3 is 0 Å². The molecule has 1 aromatic heterocycles. The van der Waals surface area contributed by atoms with Gasteiger partial charge in [0.15, 0.2) is 10.9 Å². The maximum absolute atomic E-state index is 5.64.